The number of hydrogen-bond acceptors (Lipinski definition) is 4. The van der Waals surface area contributed by atoms with E-state index in [2.05, 4.69) is 46.5 Å². The second-order valence-corrected chi connectivity index (χ2v) is 5.56. The van der Waals surface area contributed by atoms with E-state index in [9.17, 15) is 4.79 Å². The van der Waals surface area contributed by atoms with E-state index in [0.717, 1.165) is 44.8 Å². The Balaban J connectivity index is 1.83. The van der Waals surface area contributed by atoms with Crippen LogP contribution in [-0.4, -0.2) is 57.1 Å². The van der Waals surface area contributed by atoms with Gasteiger partial charge in [-0.05, 0) is 44.3 Å². The molecule has 0 atom stereocenters. The predicted molar refractivity (Wildman–Crippen MR) is 87.9 cm³/mol. The molecule has 0 bridgehead atoms. The monoisotopic (exact) mass is 290 g/mol. The molecule has 116 valence electrons. The van der Waals surface area contributed by atoms with Gasteiger partial charge in [0.15, 0.2) is 0 Å². The lowest BCUT2D eigenvalue weighted by Gasteiger charge is -2.34. The maximum Gasteiger partial charge on any atom is 0.238 e. The number of carbonyl (C=O) groups excluding carboxylic acids is 1. The molecule has 2 N–H and O–H groups in total. The van der Waals surface area contributed by atoms with Crippen molar-refractivity contribution in [3.05, 3.63) is 24.3 Å². The van der Waals surface area contributed by atoms with Crippen molar-refractivity contribution in [2.45, 2.75) is 13.3 Å². The number of nitrogens with one attached hydrogen (secondary N) is 2. The third kappa shape index (κ3) is 5.02. The molecule has 1 aliphatic rings. The molecule has 1 aromatic rings. The molecule has 21 heavy (non-hydrogen) atoms. The minimum Gasteiger partial charge on any atom is -0.369 e. The van der Waals surface area contributed by atoms with E-state index in [1.807, 2.05) is 12.1 Å². The number of piperazine rings is 1. The summed E-state index contributed by atoms with van der Waals surface area (Å²) in [6.07, 6.45) is 1.03. The van der Waals surface area contributed by atoms with Crippen LogP contribution in [0.1, 0.15) is 13.3 Å². The number of anilines is 2. The molecule has 1 saturated heterocycles. The fraction of sp³-hybridized carbons (Fsp3) is 0.562. The van der Waals surface area contributed by atoms with E-state index in [1.165, 1.54) is 5.69 Å². The van der Waals surface area contributed by atoms with Gasteiger partial charge in [0.1, 0.15) is 0 Å². The molecular formula is C16H26N4O. The van der Waals surface area contributed by atoms with Gasteiger partial charge in [-0.3, -0.25) is 4.79 Å². The van der Waals surface area contributed by atoms with Crippen LogP contribution in [0, 0.1) is 0 Å². The highest BCUT2D eigenvalue weighted by Gasteiger charge is 2.14. The Morgan fingerprint density at radius 1 is 1.14 bits per heavy atom. The molecular weight excluding hydrogens is 264 g/mol. The van der Waals surface area contributed by atoms with Crippen LogP contribution in [0.3, 0.4) is 0 Å². The second kappa shape index (κ2) is 8.00. The minimum absolute atomic E-state index is 0.01000. The van der Waals surface area contributed by atoms with Gasteiger partial charge in [-0.15, -0.1) is 0 Å². The van der Waals surface area contributed by atoms with Gasteiger partial charge in [0.25, 0.3) is 0 Å². The van der Waals surface area contributed by atoms with Gasteiger partial charge in [0.05, 0.1) is 6.54 Å². The molecule has 1 amide bonds. The first-order valence-electron chi connectivity index (χ1n) is 7.73. The van der Waals surface area contributed by atoms with Crippen molar-refractivity contribution in [2.24, 2.45) is 0 Å². The molecule has 0 spiro atoms. The molecule has 1 fully saturated rings. The normalized spacial score (nSPS) is 16.0. The zero-order chi connectivity index (χ0) is 15.1. The van der Waals surface area contributed by atoms with Crippen LogP contribution in [-0.2, 0) is 4.79 Å². The number of rotatable bonds is 6. The van der Waals surface area contributed by atoms with E-state index in [0.29, 0.717) is 6.54 Å². The summed E-state index contributed by atoms with van der Waals surface area (Å²) in [4.78, 5) is 16.4. The molecule has 1 aliphatic heterocycles. The molecule has 5 heteroatoms. The first-order chi connectivity index (χ1) is 10.2. The van der Waals surface area contributed by atoms with Crippen molar-refractivity contribution < 1.29 is 4.79 Å². The van der Waals surface area contributed by atoms with Crippen LogP contribution in [0.2, 0.25) is 0 Å². The maximum atomic E-state index is 11.7. The molecule has 0 aliphatic carbocycles. The first-order valence-corrected chi connectivity index (χ1v) is 7.73. The average Bonchev–Trinajstić information content (AvgIpc) is 2.49. The Morgan fingerprint density at radius 3 is 2.43 bits per heavy atom. The van der Waals surface area contributed by atoms with Crippen molar-refractivity contribution in [1.29, 1.82) is 0 Å². The average molecular weight is 290 g/mol. The molecule has 0 radical (unpaired) electrons. The largest absolute Gasteiger partial charge is 0.369 e. The molecule has 0 aromatic heterocycles. The number of likely N-dealkylation sites (N-methyl/N-ethyl adjacent to an activating group) is 1. The first kappa shape index (κ1) is 15.8. The molecule has 2 rings (SSSR count). The topological polar surface area (TPSA) is 47.6 Å². The van der Waals surface area contributed by atoms with Gasteiger partial charge >= 0.3 is 0 Å². The van der Waals surface area contributed by atoms with E-state index < -0.39 is 0 Å². The van der Waals surface area contributed by atoms with Crippen molar-refractivity contribution in [3.63, 3.8) is 0 Å². The lowest BCUT2D eigenvalue weighted by Crippen LogP contribution is -2.44. The zero-order valence-electron chi connectivity index (χ0n) is 13.1. The number of amides is 1. The van der Waals surface area contributed by atoms with E-state index in [4.69, 9.17) is 0 Å². The van der Waals surface area contributed by atoms with E-state index >= 15 is 0 Å². The Bertz CT molecular complexity index is 438. The number of hydrogen-bond donors (Lipinski definition) is 2. The highest BCUT2D eigenvalue weighted by atomic mass is 16.1. The molecule has 1 aromatic carbocycles. The van der Waals surface area contributed by atoms with Crippen molar-refractivity contribution in [2.75, 3.05) is 56.5 Å². The molecule has 1 heterocycles. The summed E-state index contributed by atoms with van der Waals surface area (Å²) in [5, 5.41) is 6.01. The number of benzene rings is 1. The van der Waals surface area contributed by atoms with E-state index in [-0.39, 0.29) is 5.91 Å². The molecule has 0 unspecified atom stereocenters. The number of carbonyl (C=O) groups is 1. The van der Waals surface area contributed by atoms with Crippen molar-refractivity contribution in [1.82, 2.24) is 10.2 Å². The van der Waals surface area contributed by atoms with Crippen LogP contribution in [0.5, 0.6) is 0 Å². The summed E-state index contributed by atoms with van der Waals surface area (Å²) in [6, 6.07) is 8.12. The highest BCUT2D eigenvalue weighted by Crippen LogP contribution is 2.19. The smallest absolute Gasteiger partial charge is 0.238 e. The Kier molecular flexibility index (Phi) is 6.02. The lowest BCUT2D eigenvalue weighted by molar-refractivity contribution is -0.115. The van der Waals surface area contributed by atoms with Crippen LogP contribution < -0.4 is 15.5 Å². The summed E-state index contributed by atoms with van der Waals surface area (Å²) in [7, 11) is 2.16. The SMILES string of the molecule is CCCNCC(=O)Nc1ccc(N2CCN(C)CC2)cc1. The zero-order valence-corrected chi connectivity index (χ0v) is 13.1. The second-order valence-electron chi connectivity index (χ2n) is 5.56. The quantitative estimate of drug-likeness (QED) is 0.777. The highest BCUT2D eigenvalue weighted by molar-refractivity contribution is 5.92. The standard InChI is InChI=1S/C16H26N4O/c1-3-8-17-13-16(21)18-14-4-6-15(7-5-14)20-11-9-19(2)10-12-20/h4-7,17H,3,8-13H2,1-2H3,(H,18,21). The minimum atomic E-state index is 0.01000. The van der Waals surface area contributed by atoms with Gasteiger partial charge in [-0.25, -0.2) is 0 Å². The third-order valence-corrected chi connectivity index (χ3v) is 3.73. The van der Waals surface area contributed by atoms with Gasteiger partial charge in [0, 0.05) is 37.6 Å². The Labute approximate surface area is 127 Å². The fourth-order valence-electron chi connectivity index (χ4n) is 2.40. The summed E-state index contributed by atoms with van der Waals surface area (Å²) in [5.74, 6) is 0.01000. The summed E-state index contributed by atoms with van der Waals surface area (Å²) >= 11 is 0. The molecule has 5 nitrogen and oxygen atoms in total. The van der Waals surface area contributed by atoms with Crippen molar-refractivity contribution >= 4 is 17.3 Å². The van der Waals surface area contributed by atoms with Crippen LogP contribution in [0.4, 0.5) is 11.4 Å². The van der Waals surface area contributed by atoms with Crippen LogP contribution >= 0.6 is 0 Å². The summed E-state index contributed by atoms with van der Waals surface area (Å²) in [6.45, 7) is 7.64. The Hall–Kier alpha value is -1.59. The third-order valence-electron chi connectivity index (χ3n) is 3.73. The molecule has 0 saturated carbocycles. The van der Waals surface area contributed by atoms with Crippen molar-refractivity contribution in [3.8, 4) is 0 Å². The number of nitrogens with zero attached hydrogens (tertiary/aromatic N) is 2. The summed E-state index contributed by atoms with van der Waals surface area (Å²) < 4.78 is 0. The van der Waals surface area contributed by atoms with E-state index in [1.54, 1.807) is 0 Å². The van der Waals surface area contributed by atoms with Crippen LogP contribution in [0.25, 0.3) is 0 Å². The van der Waals surface area contributed by atoms with Crippen LogP contribution in [0.15, 0.2) is 24.3 Å². The van der Waals surface area contributed by atoms with Gasteiger partial charge in [0.2, 0.25) is 5.91 Å². The maximum absolute atomic E-state index is 11.7. The van der Waals surface area contributed by atoms with Gasteiger partial charge in [-0.1, -0.05) is 6.92 Å². The lowest BCUT2D eigenvalue weighted by atomic mass is 10.2. The van der Waals surface area contributed by atoms with Gasteiger partial charge in [-0.2, -0.15) is 0 Å². The fourth-order valence-corrected chi connectivity index (χ4v) is 2.40. The Morgan fingerprint density at radius 2 is 1.81 bits per heavy atom. The predicted octanol–water partition coefficient (Wildman–Crippen LogP) is 1.38. The van der Waals surface area contributed by atoms with Gasteiger partial charge < -0.3 is 20.4 Å². The summed E-state index contributed by atoms with van der Waals surface area (Å²) in [5.41, 5.74) is 2.08.